The van der Waals surface area contributed by atoms with Gasteiger partial charge in [0.1, 0.15) is 0 Å². The molecule has 0 aromatic heterocycles. The van der Waals surface area contributed by atoms with E-state index in [1.165, 1.54) is 12.1 Å². The van der Waals surface area contributed by atoms with E-state index in [9.17, 15) is 10.1 Å². The van der Waals surface area contributed by atoms with Gasteiger partial charge in [-0.25, -0.2) is 0 Å². The van der Waals surface area contributed by atoms with Gasteiger partial charge in [-0.2, -0.15) is 0 Å². The number of benzene rings is 1. The largest absolute Gasteiger partial charge is 0.399 e. The van der Waals surface area contributed by atoms with E-state index >= 15 is 0 Å². The number of nitrogens with two attached hydrogens (primary N) is 2. The molecule has 0 aliphatic carbocycles. The molecule has 0 saturated heterocycles. The van der Waals surface area contributed by atoms with Crippen molar-refractivity contribution in [3.8, 4) is 0 Å². The third-order valence-electron chi connectivity index (χ3n) is 1.84. The molecule has 1 aromatic carbocycles. The number of nitro groups is 1. The van der Waals surface area contributed by atoms with Crippen molar-refractivity contribution < 1.29 is 4.92 Å². The van der Waals surface area contributed by atoms with Gasteiger partial charge in [0.05, 0.1) is 4.92 Å². The summed E-state index contributed by atoms with van der Waals surface area (Å²) >= 11 is 0. The fraction of sp³-hybridized carbons (Fsp3) is 0.273. The standard InChI is InChI=1S/C10H12N2O2.CH6N2/c1-2-3-10(11)8-4-6-9(7-5-8)12(13)14;1-3-2/h3-7H,2,11H2,1H3;3H,2H2,1H3/b10-3-;. The van der Waals surface area contributed by atoms with Crippen LogP contribution in [0.3, 0.4) is 0 Å². The lowest BCUT2D eigenvalue weighted by Crippen LogP contribution is -2.13. The molecule has 1 aromatic rings. The summed E-state index contributed by atoms with van der Waals surface area (Å²) in [6, 6.07) is 6.20. The molecule has 0 saturated carbocycles. The van der Waals surface area contributed by atoms with Crippen LogP contribution in [0.15, 0.2) is 30.3 Å². The highest BCUT2D eigenvalue weighted by atomic mass is 16.6. The fourth-order valence-corrected chi connectivity index (χ4v) is 1.11. The maximum absolute atomic E-state index is 10.4. The maximum atomic E-state index is 10.4. The molecular weight excluding hydrogens is 220 g/mol. The van der Waals surface area contributed by atoms with Gasteiger partial charge in [0.2, 0.25) is 0 Å². The lowest BCUT2D eigenvalue weighted by molar-refractivity contribution is -0.384. The van der Waals surface area contributed by atoms with Crippen molar-refractivity contribution in [1.29, 1.82) is 0 Å². The van der Waals surface area contributed by atoms with Crippen molar-refractivity contribution in [2.75, 3.05) is 7.05 Å². The summed E-state index contributed by atoms with van der Waals surface area (Å²) in [5.74, 6) is 4.60. The number of non-ortho nitro benzene ring substituents is 1. The topological polar surface area (TPSA) is 107 Å². The number of hydrogen-bond acceptors (Lipinski definition) is 5. The number of hydrogen-bond donors (Lipinski definition) is 3. The number of nitrogens with one attached hydrogen (secondary N) is 1. The highest BCUT2D eigenvalue weighted by Crippen LogP contribution is 2.15. The third-order valence-corrected chi connectivity index (χ3v) is 1.84. The van der Waals surface area contributed by atoms with Crippen LogP contribution < -0.4 is 17.0 Å². The Bertz CT molecular complexity index is 374. The molecule has 1 rings (SSSR count). The van der Waals surface area contributed by atoms with Crippen LogP contribution in [-0.2, 0) is 0 Å². The van der Waals surface area contributed by atoms with E-state index in [1.807, 2.05) is 13.0 Å². The fourth-order valence-electron chi connectivity index (χ4n) is 1.11. The van der Waals surface area contributed by atoms with Gasteiger partial charge in [0, 0.05) is 17.8 Å². The first-order valence-electron chi connectivity index (χ1n) is 5.14. The van der Waals surface area contributed by atoms with Crippen LogP contribution in [0.5, 0.6) is 0 Å². The van der Waals surface area contributed by atoms with Crippen LogP contribution >= 0.6 is 0 Å². The predicted octanol–water partition coefficient (Wildman–Crippen LogP) is 1.38. The average molecular weight is 238 g/mol. The normalized spacial score (nSPS) is 10.4. The van der Waals surface area contributed by atoms with E-state index in [0.29, 0.717) is 5.70 Å². The molecule has 0 fully saturated rings. The average Bonchev–Trinajstić information content (AvgIpc) is 2.30. The number of rotatable bonds is 3. The molecule has 0 radical (unpaired) electrons. The molecule has 0 amide bonds. The van der Waals surface area contributed by atoms with Crippen molar-refractivity contribution in [3.05, 3.63) is 46.0 Å². The van der Waals surface area contributed by atoms with E-state index in [4.69, 9.17) is 5.73 Å². The van der Waals surface area contributed by atoms with E-state index in [2.05, 4.69) is 11.3 Å². The quantitative estimate of drug-likeness (QED) is 0.419. The van der Waals surface area contributed by atoms with Gasteiger partial charge >= 0.3 is 0 Å². The van der Waals surface area contributed by atoms with Crippen LogP contribution in [-0.4, -0.2) is 12.0 Å². The Hall–Kier alpha value is -1.92. The van der Waals surface area contributed by atoms with Gasteiger partial charge in [-0.1, -0.05) is 13.0 Å². The van der Waals surface area contributed by atoms with E-state index in [0.717, 1.165) is 12.0 Å². The molecule has 6 nitrogen and oxygen atoms in total. The van der Waals surface area contributed by atoms with E-state index < -0.39 is 4.92 Å². The molecule has 5 N–H and O–H groups in total. The number of hydrazine groups is 1. The second-order valence-corrected chi connectivity index (χ2v) is 3.16. The minimum atomic E-state index is -0.427. The Kier molecular flexibility index (Phi) is 7.32. The van der Waals surface area contributed by atoms with Crippen LogP contribution in [0, 0.1) is 10.1 Å². The Labute approximate surface area is 100 Å². The molecule has 6 heteroatoms. The monoisotopic (exact) mass is 238 g/mol. The van der Waals surface area contributed by atoms with Crippen LogP contribution in [0.4, 0.5) is 5.69 Å². The molecule has 17 heavy (non-hydrogen) atoms. The third kappa shape index (κ3) is 5.64. The lowest BCUT2D eigenvalue weighted by Gasteiger charge is -2.00. The predicted molar refractivity (Wildman–Crippen MR) is 68.8 cm³/mol. The summed E-state index contributed by atoms with van der Waals surface area (Å²) in [7, 11) is 1.65. The summed E-state index contributed by atoms with van der Waals surface area (Å²) < 4.78 is 0. The zero-order chi connectivity index (χ0) is 13.3. The summed E-state index contributed by atoms with van der Waals surface area (Å²) in [6.45, 7) is 1.98. The van der Waals surface area contributed by atoms with Crippen LogP contribution in [0.2, 0.25) is 0 Å². The van der Waals surface area contributed by atoms with Gasteiger partial charge in [-0.3, -0.25) is 21.4 Å². The number of nitrogens with zero attached hydrogens (tertiary/aromatic N) is 1. The van der Waals surface area contributed by atoms with Crippen molar-refractivity contribution in [1.82, 2.24) is 5.43 Å². The summed E-state index contributed by atoms with van der Waals surface area (Å²) in [4.78, 5) is 9.94. The van der Waals surface area contributed by atoms with E-state index in [-0.39, 0.29) is 5.69 Å². The van der Waals surface area contributed by atoms with Gasteiger partial charge < -0.3 is 5.73 Å². The van der Waals surface area contributed by atoms with Gasteiger partial charge in [-0.05, 0) is 31.2 Å². The molecule has 0 spiro atoms. The lowest BCUT2D eigenvalue weighted by atomic mass is 10.1. The zero-order valence-electron chi connectivity index (χ0n) is 10.0. The second kappa shape index (κ2) is 8.26. The van der Waals surface area contributed by atoms with Crippen molar-refractivity contribution >= 4 is 11.4 Å². The maximum Gasteiger partial charge on any atom is 0.269 e. The minimum Gasteiger partial charge on any atom is -0.399 e. The molecular formula is C11H18N4O2. The van der Waals surface area contributed by atoms with Gasteiger partial charge in [0.25, 0.3) is 5.69 Å². The van der Waals surface area contributed by atoms with Gasteiger partial charge in [0.15, 0.2) is 0 Å². The first-order valence-corrected chi connectivity index (χ1v) is 5.14. The Morgan fingerprint density at radius 3 is 2.29 bits per heavy atom. The highest BCUT2D eigenvalue weighted by molar-refractivity contribution is 5.63. The van der Waals surface area contributed by atoms with Crippen molar-refractivity contribution in [2.24, 2.45) is 11.6 Å². The smallest absolute Gasteiger partial charge is 0.269 e. The Balaban J connectivity index is 0.000000770. The van der Waals surface area contributed by atoms with Crippen molar-refractivity contribution in [2.45, 2.75) is 13.3 Å². The molecule has 0 bridgehead atoms. The molecule has 0 unspecified atom stereocenters. The zero-order valence-corrected chi connectivity index (χ0v) is 10.0. The molecule has 94 valence electrons. The summed E-state index contributed by atoms with van der Waals surface area (Å²) in [5.41, 5.74) is 9.53. The van der Waals surface area contributed by atoms with Crippen LogP contribution in [0.25, 0.3) is 5.70 Å². The molecule has 0 heterocycles. The first kappa shape index (κ1) is 15.1. The Morgan fingerprint density at radius 2 is 1.94 bits per heavy atom. The second-order valence-electron chi connectivity index (χ2n) is 3.16. The summed E-state index contributed by atoms with van der Waals surface area (Å²) in [5, 5.41) is 10.4. The van der Waals surface area contributed by atoms with Crippen molar-refractivity contribution in [3.63, 3.8) is 0 Å². The molecule has 0 atom stereocenters. The number of allylic oxidation sites excluding steroid dienone is 1. The first-order chi connectivity index (χ1) is 8.06. The van der Waals surface area contributed by atoms with Crippen LogP contribution in [0.1, 0.15) is 18.9 Å². The number of nitro benzene ring substituents is 1. The summed E-state index contributed by atoms with van der Waals surface area (Å²) in [6.07, 6.45) is 2.73. The highest BCUT2D eigenvalue weighted by Gasteiger charge is 2.04. The van der Waals surface area contributed by atoms with Gasteiger partial charge in [-0.15, -0.1) is 0 Å². The minimum absolute atomic E-state index is 0.0815. The Morgan fingerprint density at radius 1 is 1.47 bits per heavy atom. The SMILES string of the molecule is CC/C=C(\N)c1ccc([N+](=O)[O-])cc1.CNN. The molecule has 0 aliphatic rings. The molecule has 0 aliphatic heterocycles. The van der Waals surface area contributed by atoms with E-state index in [1.54, 1.807) is 19.2 Å².